The Kier molecular flexibility index (Phi) is 5.27. The van der Waals surface area contributed by atoms with Crippen molar-refractivity contribution >= 4 is 0 Å². The van der Waals surface area contributed by atoms with Gasteiger partial charge in [0.15, 0.2) is 0 Å². The molecule has 1 saturated heterocycles. The van der Waals surface area contributed by atoms with E-state index in [2.05, 4.69) is 15.5 Å². The summed E-state index contributed by atoms with van der Waals surface area (Å²) in [5, 5.41) is 6.65. The second-order valence-electron chi connectivity index (χ2n) is 3.02. The van der Waals surface area contributed by atoms with Crippen LogP contribution < -0.4 is 10.6 Å². The topological polar surface area (TPSA) is 36.5 Å². The molecule has 0 saturated carbocycles. The summed E-state index contributed by atoms with van der Waals surface area (Å²) >= 11 is 0. The standard InChI is InChI=1S/C8H19N3O/c1-12-7-4-10-8-11-5-2-9-3-6-11/h9-10H,2-8H2,1H3. The molecule has 0 aromatic heterocycles. The van der Waals surface area contributed by atoms with E-state index in [0.29, 0.717) is 0 Å². The number of rotatable bonds is 5. The van der Waals surface area contributed by atoms with E-state index in [4.69, 9.17) is 4.74 Å². The van der Waals surface area contributed by atoms with Crippen molar-refractivity contribution < 1.29 is 4.74 Å². The smallest absolute Gasteiger partial charge is 0.0587 e. The van der Waals surface area contributed by atoms with Gasteiger partial charge in [-0.2, -0.15) is 0 Å². The zero-order chi connectivity index (χ0) is 8.65. The van der Waals surface area contributed by atoms with Crippen molar-refractivity contribution in [1.82, 2.24) is 15.5 Å². The molecule has 0 aliphatic carbocycles. The molecule has 0 bridgehead atoms. The van der Waals surface area contributed by atoms with Gasteiger partial charge in [0.2, 0.25) is 0 Å². The highest BCUT2D eigenvalue weighted by Gasteiger charge is 2.07. The summed E-state index contributed by atoms with van der Waals surface area (Å²) in [7, 11) is 1.73. The van der Waals surface area contributed by atoms with Gasteiger partial charge in [-0.05, 0) is 0 Å². The van der Waals surface area contributed by atoms with E-state index in [9.17, 15) is 0 Å². The molecule has 0 unspecified atom stereocenters. The van der Waals surface area contributed by atoms with Gasteiger partial charge in [0.05, 0.1) is 6.61 Å². The van der Waals surface area contributed by atoms with Crippen molar-refractivity contribution in [3.05, 3.63) is 0 Å². The van der Waals surface area contributed by atoms with Crippen molar-refractivity contribution in [3.63, 3.8) is 0 Å². The molecule has 0 aromatic rings. The Hall–Kier alpha value is -0.160. The average molecular weight is 173 g/mol. The molecule has 1 aliphatic heterocycles. The van der Waals surface area contributed by atoms with Crippen LogP contribution in [-0.2, 0) is 4.74 Å². The van der Waals surface area contributed by atoms with E-state index in [1.165, 1.54) is 0 Å². The normalized spacial score (nSPS) is 19.8. The van der Waals surface area contributed by atoms with Gasteiger partial charge in [-0.15, -0.1) is 0 Å². The number of hydrogen-bond donors (Lipinski definition) is 2. The second-order valence-corrected chi connectivity index (χ2v) is 3.02. The van der Waals surface area contributed by atoms with Crippen LogP contribution in [0.4, 0.5) is 0 Å². The van der Waals surface area contributed by atoms with Crippen molar-refractivity contribution in [3.8, 4) is 0 Å². The molecule has 1 heterocycles. The third-order valence-electron chi connectivity index (χ3n) is 2.03. The summed E-state index contributed by atoms with van der Waals surface area (Å²) in [6.45, 7) is 7.27. The minimum atomic E-state index is 0.798. The van der Waals surface area contributed by atoms with Crippen LogP contribution in [0.25, 0.3) is 0 Å². The maximum absolute atomic E-state index is 4.94. The molecule has 12 heavy (non-hydrogen) atoms. The lowest BCUT2D eigenvalue weighted by molar-refractivity contribution is 0.179. The molecule has 1 rings (SSSR count). The van der Waals surface area contributed by atoms with Gasteiger partial charge in [-0.3, -0.25) is 4.90 Å². The predicted molar refractivity (Wildman–Crippen MR) is 49.2 cm³/mol. The highest BCUT2D eigenvalue weighted by Crippen LogP contribution is 1.88. The highest BCUT2D eigenvalue weighted by atomic mass is 16.5. The number of hydrogen-bond acceptors (Lipinski definition) is 4. The molecular formula is C8H19N3O. The zero-order valence-corrected chi connectivity index (χ0v) is 7.81. The molecule has 0 aromatic carbocycles. The van der Waals surface area contributed by atoms with Gasteiger partial charge in [0.25, 0.3) is 0 Å². The first kappa shape index (κ1) is 9.92. The lowest BCUT2D eigenvalue weighted by atomic mass is 10.4. The van der Waals surface area contributed by atoms with Crippen LogP contribution in [0.15, 0.2) is 0 Å². The fraction of sp³-hybridized carbons (Fsp3) is 1.00. The van der Waals surface area contributed by atoms with Gasteiger partial charge >= 0.3 is 0 Å². The van der Waals surface area contributed by atoms with Crippen LogP contribution in [0.3, 0.4) is 0 Å². The minimum absolute atomic E-state index is 0.798. The summed E-state index contributed by atoms with van der Waals surface area (Å²) < 4.78 is 4.94. The highest BCUT2D eigenvalue weighted by molar-refractivity contribution is 4.66. The molecular weight excluding hydrogens is 154 g/mol. The van der Waals surface area contributed by atoms with Crippen LogP contribution in [0.2, 0.25) is 0 Å². The van der Waals surface area contributed by atoms with Crippen LogP contribution in [-0.4, -0.2) is 58.0 Å². The summed E-state index contributed by atoms with van der Waals surface area (Å²) in [6.07, 6.45) is 0. The maximum Gasteiger partial charge on any atom is 0.0587 e. The van der Waals surface area contributed by atoms with E-state index in [-0.39, 0.29) is 0 Å². The Labute approximate surface area is 74.3 Å². The monoisotopic (exact) mass is 173 g/mol. The number of ether oxygens (including phenoxy) is 1. The van der Waals surface area contributed by atoms with E-state index in [1.807, 2.05) is 0 Å². The quantitative estimate of drug-likeness (QED) is 0.528. The lowest BCUT2D eigenvalue weighted by Gasteiger charge is -2.27. The van der Waals surface area contributed by atoms with Crippen molar-refractivity contribution in [2.75, 3.05) is 53.1 Å². The molecule has 4 nitrogen and oxygen atoms in total. The molecule has 0 amide bonds. The second kappa shape index (κ2) is 6.37. The first-order valence-corrected chi connectivity index (χ1v) is 4.56. The Morgan fingerprint density at radius 2 is 2.17 bits per heavy atom. The van der Waals surface area contributed by atoms with Crippen molar-refractivity contribution in [2.45, 2.75) is 0 Å². The molecule has 4 heteroatoms. The summed E-state index contributed by atoms with van der Waals surface area (Å²) in [5.41, 5.74) is 0. The van der Waals surface area contributed by atoms with E-state index >= 15 is 0 Å². The number of nitrogens with zero attached hydrogens (tertiary/aromatic N) is 1. The fourth-order valence-corrected chi connectivity index (χ4v) is 1.28. The SMILES string of the molecule is COCCNCN1CCNCC1. The summed E-state index contributed by atoms with van der Waals surface area (Å²) in [6, 6.07) is 0. The Morgan fingerprint density at radius 3 is 2.83 bits per heavy atom. The predicted octanol–water partition coefficient (Wildman–Crippen LogP) is -0.915. The number of methoxy groups -OCH3 is 1. The third kappa shape index (κ3) is 4.01. The largest absolute Gasteiger partial charge is 0.383 e. The Bertz CT molecular complexity index is 104. The molecule has 0 atom stereocenters. The Balaban J connectivity index is 1.91. The van der Waals surface area contributed by atoms with Crippen LogP contribution >= 0.6 is 0 Å². The van der Waals surface area contributed by atoms with Crippen LogP contribution in [0.1, 0.15) is 0 Å². The van der Waals surface area contributed by atoms with Gasteiger partial charge in [0, 0.05) is 46.5 Å². The summed E-state index contributed by atoms with van der Waals surface area (Å²) in [5.74, 6) is 0. The Morgan fingerprint density at radius 1 is 1.42 bits per heavy atom. The fourth-order valence-electron chi connectivity index (χ4n) is 1.28. The first-order chi connectivity index (χ1) is 5.93. The molecule has 0 spiro atoms. The van der Waals surface area contributed by atoms with E-state index < -0.39 is 0 Å². The molecule has 1 fully saturated rings. The van der Waals surface area contributed by atoms with Gasteiger partial charge in [-0.25, -0.2) is 0 Å². The van der Waals surface area contributed by atoms with Crippen molar-refractivity contribution in [1.29, 1.82) is 0 Å². The first-order valence-electron chi connectivity index (χ1n) is 4.56. The molecule has 1 aliphatic rings. The van der Waals surface area contributed by atoms with E-state index in [1.54, 1.807) is 7.11 Å². The minimum Gasteiger partial charge on any atom is -0.383 e. The van der Waals surface area contributed by atoms with Gasteiger partial charge in [-0.1, -0.05) is 0 Å². The van der Waals surface area contributed by atoms with Gasteiger partial charge in [0.1, 0.15) is 0 Å². The van der Waals surface area contributed by atoms with Crippen molar-refractivity contribution in [2.24, 2.45) is 0 Å². The average Bonchev–Trinajstić information content (AvgIpc) is 2.14. The number of piperazine rings is 1. The van der Waals surface area contributed by atoms with Gasteiger partial charge < -0.3 is 15.4 Å². The maximum atomic E-state index is 4.94. The number of nitrogens with one attached hydrogen (secondary N) is 2. The van der Waals surface area contributed by atoms with E-state index in [0.717, 1.165) is 46.0 Å². The molecule has 2 N–H and O–H groups in total. The zero-order valence-electron chi connectivity index (χ0n) is 7.81. The summed E-state index contributed by atoms with van der Waals surface area (Å²) in [4.78, 5) is 2.41. The third-order valence-corrected chi connectivity index (χ3v) is 2.03. The lowest BCUT2D eigenvalue weighted by Crippen LogP contribution is -2.47. The molecule has 72 valence electrons. The van der Waals surface area contributed by atoms with Crippen LogP contribution in [0, 0.1) is 0 Å². The molecule has 0 radical (unpaired) electrons. The van der Waals surface area contributed by atoms with Crippen LogP contribution in [0.5, 0.6) is 0 Å².